The number of hydrogen-bond donors (Lipinski definition) is 0. The second kappa shape index (κ2) is 6.48. The molecule has 0 amide bonds. The minimum Gasteiger partial charge on any atom is -0.294 e. The molecule has 0 aliphatic carbocycles. The van der Waals surface area contributed by atoms with Gasteiger partial charge in [0.15, 0.2) is 5.78 Å². The molecule has 0 aliphatic heterocycles. The maximum atomic E-state index is 12.3. The second-order valence-corrected chi connectivity index (χ2v) is 7.16. The Bertz CT molecular complexity index is 604. The molecule has 0 N–H and O–H groups in total. The average molecular weight is 298 g/mol. The molecule has 0 unspecified atom stereocenters. The fourth-order valence-electron chi connectivity index (χ4n) is 2.19. The van der Waals surface area contributed by atoms with Crippen LogP contribution in [0, 0.1) is 0 Å². The van der Waals surface area contributed by atoms with E-state index in [4.69, 9.17) is 0 Å². The van der Waals surface area contributed by atoms with Gasteiger partial charge < -0.3 is 0 Å². The molecule has 1 nitrogen and oxygen atoms in total. The highest BCUT2D eigenvalue weighted by Gasteiger charge is 2.13. The number of Topliss-reactive ketones (excluding diaryl/α,β-unsaturated/α-hetero) is 1. The van der Waals surface area contributed by atoms with Crippen LogP contribution in [0.25, 0.3) is 0 Å². The summed E-state index contributed by atoms with van der Waals surface area (Å²) in [6, 6.07) is 16.2. The third kappa shape index (κ3) is 4.21. The minimum absolute atomic E-state index is 0.149. The molecule has 0 aliphatic rings. The van der Waals surface area contributed by atoms with E-state index in [1.165, 1.54) is 10.5 Å². The zero-order valence-electron chi connectivity index (χ0n) is 13.1. The molecule has 2 aromatic rings. The fourth-order valence-corrected chi connectivity index (χ4v) is 2.60. The Morgan fingerprint density at radius 1 is 0.952 bits per heavy atom. The molecule has 0 fully saturated rings. The average Bonchev–Trinajstić information content (AvgIpc) is 2.47. The van der Waals surface area contributed by atoms with Gasteiger partial charge in [-0.05, 0) is 34.9 Å². The summed E-state index contributed by atoms with van der Waals surface area (Å²) < 4.78 is 0. The van der Waals surface area contributed by atoms with Crippen LogP contribution in [-0.4, -0.2) is 12.0 Å². The molecule has 0 atom stereocenters. The van der Waals surface area contributed by atoms with Gasteiger partial charge in [-0.15, -0.1) is 11.8 Å². The van der Waals surface area contributed by atoms with Gasteiger partial charge in [0.2, 0.25) is 0 Å². The fraction of sp³-hybridized carbons (Fsp3) is 0.316. The lowest BCUT2D eigenvalue weighted by Gasteiger charge is -2.19. The highest BCUT2D eigenvalue weighted by molar-refractivity contribution is 7.98. The Morgan fingerprint density at radius 2 is 1.52 bits per heavy atom. The van der Waals surface area contributed by atoms with Gasteiger partial charge in [-0.3, -0.25) is 4.79 Å². The Morgan fingerprint density at radius 3 is 2.00 bits per heavy atom. The Hall–Kier alpha value is -1.54. The lowest BCUT2D eigenvalue weighted by atomic mass is 9.86. The van der Waals surface area contributed by atoms with E-state index in [-0.39, 0.29) is 11.2 Å². The van der Waals surface area contributed by atoms with Gasteiger partial charge >= 0.3 is 0 Å². The first kappa shape index (κ1) is 15.8. The van der Waals surface area contributed by atoms with Crippen molar-refractivity contribution >= 4 is 17.5 Å². The summed E-state index contributed by atoms with van der Waals surface area (Å²) in [5.74, 6) is 0.172. The van der Waals surface area contributed by atoms with Gasteiger partial charge in [0.1, 0.15) is 0 Å². The molecule has 0 aromatic heterocycles. The van der Waals surface area contributed by atoms with Crippen molar-refractivity contribution in [3.8, 4) is 0 Å². The van der Waals surface area contributed by atoms with Crippen molar-refractivity contribution in [2.24, 2.45) is 0 Å². The maximum Gasteiger partial charge on any atom is 0.167 e. The van der Waals surface area contributed by atoms with Gasteiger partial charge in [-0.2, -0.15) is 0 Å². The number of benzene rings is 2. The summed E-state index contributed by atoms with van der Waals surface area (Å²) in [5, 5.41) is 0. The second-order valence-electron chi connectivity index (χ2n) is 6.28. The smallest absolute Gasteiger partial charge is 0.167 e. The van der Waals surface area contributed by atoms with E-state index < -0.39 is 0 Å². The normalized spacial score (nSPS) is 11.4. The van der Waals surface area contributed by atoms with Crippen LogP contribution in [0.5, 0.6) is 0 Å². The van der Waals surface area contributed by atoms with Gasteiger partial charge in [0.05, 0.1) is 0 Å². The van der Waals surface area contributed by atoms with Gasteiger partial charge in [0, 0.05) is 16.9 Å². The van der Waals surface area contributed by atoms with E-state index in [9.17, 15) is 4.79 Å². The molecule has 21 heavy (non-hydrogen) atoms. The van der Waals surface area contributed by atoms with Crippen molar-refractivity contribution in [2.45, 2.75) is 37.5 Å². The van der Waals surface area contributed by atoms with Crippen LogP contribution in [-0.2, 0) is 11.8 Å². The molecule has 2 aromatic carbocycles. The van der Waals surface area contributed by atoms with E-state index in [0.717, 1.165) is 11.1 Å². The van der Waals surface area contributed by atoms with Gasteiger partial charge in [-0.25, -0.2) is 0 Å². The van der Waals surface area contributed by atoms with Crippen molar-refractivity contribution < 1.29 is 4.79 Å². The molecular weight excluding hydrogens is 276 g/mol. The minimum atomic E-state index is 0.149. The van der Waals surface area contributed by atoms with Crippen molar-refractivity contribution in [2.75, 3.05) is 6.26 Å². The highest BCUT2D eigenvalue weighted by Crippen LogP contribution is 2.22. The monoisotopic (exact) mass is 298 g/mol. The van der Waals surface area contributed by atoms with Crippen molar-refractivity contribution in [3.05, 3.63) is 65.2 Å². The van der Waals surface area contributed by atoms with Crippen molar-refractivity contribution in [1.29, 1.82) is 0 Å². The molecule has 2 rings (SSSR count). The van der Waals surface area contributed by atoms with E-state index in [0.29, 0.717) is 6.42 Å². The van der Waals surface area contributed by atoms with Gasteiger partial charge in [-0.1, -0.05) is 57.2 Å². The van der Waals surface area contributed by atoms with Crippen LogP contribution in [0.2, 0.25) is 0 Å². The number of ketones is 1. The summed E-state index contributed by atoms with van der Waals surface area (Å²) in [7, 11) is 0. The van der Waals surface area contributed by atoms with Crippen LogP contribution in [0.15, 0.2) is 53.4 Å². The molecule has 2 heteroatoms. The maximum absolute atomic E-state index is 12.3. The molecule has 0 heterocycles. The number of carbonyl (C=O) groups is 1. The molecule has 110 valence electrons. The van der Waals surface area contributed by atoms with Crippen LogP contribution >= 0.6 is 11.8 Å². The quantitative estimate of drug-likeness (QED) is 0.575. The molecule has 0 saturated heterocycles. The summed E-state index contributed by atoms with van der Waals surface area (Å²) in [6.07, 6.45) is 2.50. The van der Waals surface area contributed by atoms with Crippen molar-refractivity contribution in [3.63, 3.8) is 0 Å². The predicted octanol–water partition coefficient (Wildman–Crippen LogP) is 5.13. The van der Waals surface area contributed by atoms with Crippen LogP contribution in [0.4, 0.5) is 0 Å². The predicted molar refractivity (Wildman–Crippen MR) is 91.4 cm³/mol. The van der Waals surface area contributed by atoms with E-state index >= 15 is 0 Å². The summed E-state index contributed by atoms with van der Waals surface area (Å²) >= 11 is 1.69. The van der Waals surface area contributed by atoms with E-state index in [2.05, 4.69) is 45.0 Å². The summed E-state index contributed by atoms with van der Waals surface area (Å²) in [6.45, 7) is 6.58. The lowest BCUT2D eigenvalue weighted by molar-refractivity contribution is 0.0993. The number of thioether (sulfide) groups is 1. The summed E-state index contributed by atoms with van der Waals surface area (Å²) in [5.41, 5.74) is 3.30. The first-order valence-electron chi connectivity index (χ1n) is 7.17. The third-order valence-corrected chi connectivity index (χ3v) is 4.34. The first-order chi connectivity index (χ1) is 9.90. The third-order valence-electron chi connectivity index (χ3n) is 3.60. The highest BCUT2D eigenvalue weighted by atomic mass is 32.2. The number of carbonyl (C=O) groups excluding carboxylic acids is 1. The molecular formula is C19H22OS. The topological polar surface area (TPSA) is 17.1 Å². The molecule has 0 saturated carbocycles. The van der Waals surface area contributed by atoms with Crippen LogP contribution in [0.3, 0.4) is 0 Å². The standard InChI is InChI=1S/C19H22OS/c1-19(2,3)16-9-5-14(6-10-16)13-18(20)15-7-11-17(21-4)12-8-15/h5-12H,13H2,1-4H3. The Labute approximate surface area is 131 Å². The largest absolute Gasteiger partial charge is 0.294 e. The molecule has 0 spiro atoms. The SMILES string of the molecule is CSc1ccc(C(=O)Cc2ccc(C(C)(C)C)cc2)cc1. The zero-order valence-corrected chi connectivity index (χ0v) is 14.0. The molecule has 0 radical (unpaired) electrons. The Balaban J connectivity index is 2.08. The van der Waals surface area contributed by atoms with Gasteiger partial charge in [0.25, 0.3) is 0 Å². The summed E-state index contributed by atoms with van der Waals surface area (Å²) in [4.78, 5) is 13.5. The zero-order chi connectivity index (χ0) is 15.5. The first-order valence-corrected chi connectivity index (χ1v) is 8.39. The van der Waals surface area contributed by atoms with E-state index in [1.54, 1.807) is 11.8 Å². The van der Waals surface area contributed by atoms with Crippen LogP contribution < -0.4 is 0 Å². The number of rotatable bonds is 4. The lowest BCUT2D eigenvalue weighted by Crippen LogP contribution is -2.11. The molecule has 0 bridgehead atoms. The Kier molecular flexibility index (Phi) is 4.89. The van der Waals surface area contributed by atoms with Crippen LogP contribution in [0.1, 0.15) is 42.3 Å². The van der Waals surface area contributed by atoms with Crippen molar-refractivity contribution in [1.82, 2.24) is 0 Å². The number of hydrogen-bond acceptors (Lipinski definition) is 2. The van der Waals surface area contributed by atoms with E-state index in [1.807, 2.05) is 30.5 Å².